The van der Waals surface area contributed by atoms with Crippen molar-refractivity contribution >= 4 is 34.0 Å². The molecule has 5 heteroatoms. The molecule has 0 bridgehead atoms. The molecule has 1 aliphatic rings. The first-order valence-corrected chi connectivity index (χ1v) is 9.63. The number of nitrogens with one attached hydrogen (secondary N) is 1. The predicted molar refractivity (Wildman–Crippen MR) is 112 cm³/mol. The molecule has 0 spiro atoms. The Labute approximate surface area is 167 Å². The van der Waals surface area contributed by atoms with E-state index < -0.39 is 0 Å². The van der Waals surface area contributed by atoms with Crippen LogP contribution in [0.15, 0.2) is 66.7 Å². The van der Waals surface area contributed by atoms with Crippen molar-refractivity contribution < 1.29 is 4.79 Å². The van der Waals surface area contributed by atoms with E-state index in [2.05, 4.69) is 28.6 Å². The van der Waals surface area contributed by atoms with Crippen LogP contribution in [0, 0.1) is 6.92 Å². The normalized spacial score (nSPS) is 16.1. The molecule has 0 radical (unpaired) electrons. The molecule has 138 valence electrons. The maximum absolute atomic E-state index is 12.6. The van der Waals surface area contributed by atoms with E-state index in [-0.39, 0.29) is 11.8 Å². The number of carbonyl (C=O) groups excluding carboxylic acids is 1. The van der Waals surface area contributed by atoms with Gasteiger partial charge in [-0.05, 0) is 30.0 Å². The zero-order valence-electron chi connectivity index (χ0n) is 15.3. The average Bonchev–Trinajstić information content (AvgIpc) is 3.02. The molecule has 0 unspecified atom stereocenters. The maximum Gasteiger partial charge on any atom is 0.225 e. The Kier molecular flexibility index (Phi) is 3.95. The van der Waals surface area contributed by atoms with E-state index in [1.165, 1.54) is 0 Å². The summed E-state index contributed by atoms with van der Waals surface area (Å²) in [5, 5.41) is 10.4. The third kappa shape index (κ3) is 2.60. The van der Waals surface area contributed by atoms with Crippen molar-refractivity contribution in [3.63, 3.8) is 0 Å². The van der Waals surface area contributed by atoms with Crippen LogP contribution in [-0.2, 0) is 4.79 Å². The van der Waals surface area contributed by atoms with Crippen LogP contribution in [0.4, 0.5) is 5.69 Å². The number of aromatic nitrogens is 2. The molecule has 1 N–H and O–H groups in total. The van der Waals surface area contributed by atoms with Crippen LogP contribution >= 0.6 is 11.6 Å². The monoisotopic (exact) mass is 387 g/mol. The van der Waals surface area contributed by atoms with Crippen LogP contribution in [0.25, 0.3) is 16.5 Å². The van der Waals surface area contributed by atoms with E-state index in [0.29, 0.717) is 11.6 Å². The van der Waals surface area contributed by atoms with Crippen LogP contribution in [0.1, 0.15) is 29.2 Å². The largest absolute Gasteiger partial charge is 0.325 e. The van der Waals surface area contributed by atoms with Gasteiger partial charge in [0.15, 0.2) is 0 Å². The molecule has 0 saturated heterocycles. The number of anilines is 1. The van der Waals surface area contributed by atoms with E-state index in [1.807, 2.05) is 55.5 Å². The molecule has 4 aromatic rings. The second-order valence-electron chi connectivity index (χ2n) is 7.09. The predicted octanol–water partition coefficient (Wildman–Crippen LogP) is 5.46. The Morgan fingerprint density at radius 1 is 1.04 bits per heavy atom. The zero-order chi connectivity index (χ0) is 19.3. The molecule has 0 saturated carbocycles. The van der Waals surface area contributed by atoms with Crippen LogP contribution in [0.5, 0.6) is 0 Å². The van der Waals surface area contributed by atoms with Gasteiger partial charge in [0.05, 0.1) is 17.1 Å². The molecular formula is C23H18ClN3O. The van der Waals surface area contributed by atoms with Crippen molar-refractivity contribution in [1.82, 2.24) is 9.78 Å². The molecule has 1 amide bonds. The summed E-state index contributed by atoms with van der Waals surface area (Å²) in [6.45, 7) is 1.95. The van der Waals surface area contributed by atoms with Gasteiger partial charge in [-0.2, -0.15) is 5.10 Å². The van der Waals surface area contributed by atoms with Gasteiger partial charge in [-0.25, -0.2) is 4.68 Å². The van der Waals surface area contributed by atoms with E-state index in [1.54, 1.807) is 4.68 Å². The number of carbonyl (C=O) groups is 1. The quantitative estimate of drug-likeness (QED) is 0.496. The Morgan fingerprint density at radius 2 is 1.79 bits per heavy atom. The Hall–Kier alpha value is -3.11. The molecule has 1 aromatic heterocycles. The smallest absolute Gasteiger partial charge is 0.225 e. The van der Waals surface area contributed by atoms with Crippen molar-refractivity contribution in [2.45, 2.75) is 19.3 Å². The number of aryl methyl sites for hydroxylation is 1. The number of para-hydroxylation sites is 1. The van der Waals surface area contributed by atoms with Crippen LogP contribution in [0.3, 0.4) is 0 Å². The third-order valence-corrected chi connectivity index (χ3v) is 5.75. The van der Waals surface area contributed by atoms with E-state index in [4.69, 9.17) is 11.6 Å². The number of fused-ring (bicyclic) bond motifs is 3. The Bertz CT molecular complexity index is 1210. The van der Waals surface area contributed by atoms with Gasteiger partial charge in [-0.1, -0.05) is 66.2 Å². The minimum atomic E-state index is -0.127. The van der Waals surface area contributed by atoms with Crippen LogP contribution < -0.4 is 5.32 Å². The second-order valence-corrected chi connectivity index (χ2v) is 7.45. The number of benzene rings is 3. The summed E-state index contributed by atoms with van der Waals surface area (Å²) >= 11 is 6.80. The summed E-state index contributed by atoms with van der Waals surface area (Å²) in [4.78, 5) is 12.6. The van der Waals surface area contributed by atoms with Crippen molar-refractivity contribution in [1.29, 1.82) is 0 Å². The zero-order valence-corrected chi connectivity index (χ0v) is 16.1. The van der Waals surface area contributed by atoms with Gasteiger partial charge in [0, 0.05) is 23.3 Å². The number of hydrogen-bond acceptors (Lipinski definition) is 2. The molecule has 0 aliphatic carbocycles. The van der Waals surface area contributed by atoms with E-state index >= 15 is 0 Å². The lowest BCUT2D eigenvalue weighted by Gasteiger charge is -2.27. The first-order valence-electron chi connectivity index (χ1n) is 9.25. The molecule has 3 aromatic carbocycles. The van der Waals surface area contributed by atoms with Crippen molar-refractivity contribution in [3.05, 3.63) is 88.7 Å². The number of rotatable bonds is 2. The molecule has 2 heterocycles. The summed E-state index contributed by atoms with van der Waals surface area (Å²) in [6.07, 6.45) is 0.354. The first-order chi connectivity index (χ1) is 13.6. The molecule has 28 heavy (non-hydrogen) atoms. The minimum absolute atomic E-state index is 0.00298. The van der Waals surface area contributed by atoms with E-state index in [0.717, 1.165) is 39.0 Å². The summed E-state index contributed by atoms with van der Waals surface area (Å²) in [7, 11) is 0. The number of nitrogens with zero attached hydrogens (tertiary/aromatic N) is 2. The summed E-state index contributed by atoms with van der Waals surface area (Å²) in [6, 6.07) is 22.1. The van der Waals surface area contributed by atoms with E-state index in [9.17, 15) is 4.79 Å². The number of hydrogen-bond donors (Lipinski definition) is 1. The third-order valence-electron chi connectivity index (χ3n) is 5.39. The molecule has 1 atom stereocenters. The second kappa shape index (κ2) is 6.50. The lowest BCUT2D eigenvalue weighted by Crippen LogP contribution is -2.24. The fourth-order valence-electron chi connectivity index (χ4n) is 4.11. The first kappa shape index (κ1) is 17.0. The van der Waals surface area contributed by atoms with Gasteiger partial charge < -0.3 is 5.32 Å². The number of halogens is 1. The number of amides is 1. The fourth-order valence-corrected chi connectivity index (χ4v) is 4.51. The Balaban J connectivity index is 1.71. The lowest BCUT2D eigenvalue weighted by molar-refractivity contribution is -0.116. The lowest BCUT2D eigenvalue weighted by atomic mass is 9.83. The van der Waals surface area contributed by atoms with Crippen LogP contribution in [0.2, 0.25) is 5.15 Å². The Morgan fingerprint density at radius 3 is 2.61 bits per heavy atom. The highest BCUT2D eigenvalue weighted by Crippen LogP contribution is 2.44. The highest BCUT2D eigenvalue weighted by Gasteiger charge is 2.32. The van der Waals surface area contributed by atoms with Crippen molar-refractivity contribution in [3.8, 4) is 5.69 Å². The molecule has 1 aliphatic heterocycles. The topological polar surface area (TPSA) is 46.9 Å². The maximum atomic E-state index is 12.6. The van der Waals surface area contributed by atoms with Crippen LogP contribution in [-0.4, -0.2) is 15.7 Å². The molecule has 4 nitrogen and oxygen atoms in total. The summed E-state index contributed by atoms with van der Waals surface area (Å²) in [5.74, 6) is -0.130. The molecule has 5 rings (SSSR count). The van der Waals surface area contributed by atoms with Crippen molar-refractivity contribution in [2.75, 3.05) is 5.32 Å². The van der Waals surface area contributed by atoms with Gasteiger partial charge in [-0.15, -0.1) is 0 Å². The van der Waals surface area contributed by atoms with Gasteiger partial charge in [0.2, 0.25) is 5.91 Å². The summed E-state index contributed by atoms with van der Waals surface area (Å²) < 4.78 is 1.75. The highest BCUT2D eigenvalue weighted by molar-refractivity contribution is 6.31. The molecular weight excluding hydrogens is 370 g/mol. The van der Waals surface area contributed by atoms with Gasteiger partial charge in [-0.3, -0.25) is 4.79 Å². The standard InChI is InChI=1S/C23H18ClN3O/c1-14-21(23(24)27(26-14)16-8-3-2-4-9-16)19-13-20(28)25-22-17-10-6-5-7-15(17)11-12-18(19)22/h2-12,19H,13H2,1H3,(H,25,28)/t19-/m0/s1. The van der Waals surface area contributed by atoms with Crippen molar-refractivity contribution in [2.24, 2.45) is 0 Å². The average molecular weight is 388 g/mol. The SMILES string of the molecule is Cc1nn(-c2ccccc2)c(Cl)c1[C@H]1CC(=O)Nc2c1ccc1ccccc21. The van der Waals surface area contributed by atoms with Gasteiger partial charge >= 0.3 is 0 Å². The minimum Gasteiger partial charge on any atom is -0.325 e. The van der Waals surface area contributed by atoms with Gasteiger partial charge in [0.25, 0.3) is 0 Å². The summed E-state index contributed by atoms with van der Waals surface area (Å²) in [5.41, 5.74) is 4.61. The fraction of sp³-hybridized carbons (Fsp3) is 0.130. The highest BCUT2D eigenvalue weighted by atomic mass is 35.5. The molecule has 0 fully saturated rings. The van der Waals surface area contributed by atoms with Gasteiger partial charge in [0.1, 0.15) is 5.15 Å².